The van der Waals surface area contributed by atoms with Crippen LogP contribution in [0.25, 0.3) is 16.9 Å². The Bertz CT molecular complexity index is 1240. The molecule has 2 aromatic carbocycles. The second-order valence-electron chi connectivity index (χ2n) is 6.44. The van der Waals surface area contributed by atoms with Gasteiger partial charge in [-0.15, -0.1) is 0 Å². The van der Waals surface area contributed by atoms with E-state index in [-0.39, 0.29) is 16.5 Å². The van der Waals surface area contributed by atoms with E-state index in [0.29, 0.717) is 16.9 Å². The fraction of sp³-hybridized carbons (Fsp3) is 0.158. The Balaban J connectivity index is 2.09. The monoisotopic (exact) mass is 433 g/mol. The Morgan fingerprint density at radius 2 is 1.55 bits per heavy atom. The Labute approximate surface area is 169 Å². The number of aldehydes is 1. The van der Waals surface area contributed by atoms with Crippen molar-refractivity contribution in [2.24, 2.45) is 0 Å². The molecule has 152 valence electrons. The summed E-state index contributed by atoms with van der Waals surface area (Å²) >= 11 is 0. The summed E-state index contributed by atoms with van der Waals surface area (Å²) in [5.41, 5.74) is 2.45. The van der Waals surface area contributed by atoms with Gasteiger partial charge >= 0.3 is 0 Å². The van der Waals surface area contributed by atoms with Crippen molar-refractivity contribution < 1.29 is 21.6 Å². The van der Waals surface area contributed by atoms with Crippen molar-refractivity contribution in [3.8, 4) is 16.9 Å². The lowest BCUT2D eigenvalue weighted by atomic mass is 10.1. The van der Waals surface area contributed by atoms with Crippen LogP contribution in [0.3, 0.4) is 0 Å². The number of carbonyl (C=O) groups is 1. The van der Waals surface area contributed by atoms with Crippen LogP contribution in [-0.4, -0.2) is 52.0 Å². The highest BCUT2D eigenvalue weighted by molar-refractivity contribution is 7.91. The molecule has 3 rings (SSSR count). The van der Waals surface area contributed by atoms with Crippen LogP contribution in [-0.2, 0) is 24.5 Å². The van der Waals surface area contributed by atoms with Crippen LogP contribution in [0.4, 0.5) is 5.69 Å². The topological polar surface area (TPSA) is 115 Å². The van der Waals surface area contributed by atoms with Gasteiger partial charge in [-0.2, -0.15) is 5.10 Å². The SMILES string of the molecule is CS(=O)(=O)c1ccc(-c2cc(S(C)(=O)=O)nn2-c2ccc(NCC=O)cc2)cc1. The molecule has 8 nitrogen and oxygen atoms in total. The summed E-state index contributed by atoms with van der Waals surface area (Å²) in [6, 6.07) is 14.6. The van der Waals surface area contributed by atoms with E-state index < -0.39 is 19.7 Å². The van der Waals surface area contributed by atoms with Gasteiger partial charge in [0.25, 0.3) is 0 Å². The summed E-state index contributed by atoms with van der Waals surface area (Å²) in [7, 11) is -6.90. The van der Waals surface area contributed by atoms with E-state index in [1.54, 1.807) is 36.4 Å². The molecule has 1 aromatic heterocycles. The number of hydrogen-bond acceptors (Lipinski definition) is 7. The number of nitrogens with one attached hydrogen (secondary N) is 1. The lowest BCUT2D eigenvalue weighted by molar-refractivity contribution is -0.106. The molecule has 3 aromatic rings. The smallest absolute Gasteiger partial charge is 0.194 e. The van der Waals surface area contributed by atoms with Crippen LogP contribution in [0.5, 0.6) is 0 Å². The van der Waals surface area contributed by atoms with Crippen LogP contribution < -0.4 is 5.32 Å². The minimum Gasteiger partial charge on any atom is -0.378 e. The van der Waals surface area contributed by atoms with Crippen LogP contribution in [0.1, 0.15) is 0 Å². The Hall–Kier alpha value is -2.98. The van der Waals surface area contributed by atoms with Gasteiger partial charge < -0.3 is 10.1 Å². The summed E-state index contributed by atoms with van der Waals surface area (Å²) < 4.78 is 48.9. The number of carbonyl (C=O) groups excluding carboxylic acids is 1. The van der Waals surface area contributed by atoms with Crippen LogP contribution in [0.15, 0.2) is 64.5 Å². The molecule has 29 heavy (non-hydrogen) atoms. The van der Waals surface area contributed by atoms with Crippen molar-refractivity contribution >= 4 is 31.6 Å². The molecule has 0 bridgehead atoms. The number of rotatable bonds is 7. The molecule has 0 spiro atoms. The predicted octanol–water partition coefficient (Wildman–Crippen LogP) is 1.96. The first-order valence-electron chi connectivity index (χ1n) is 8.48. The molecule has 0 aliphatic heterocycles. The number of hydrogen-bond donors (Lipinski definition) is 1. The molecule has 0 aliphatic rings. The Kier molecular flexibility index (Phi) is 5.58. The maximum atomic E-state index is 12.0. The second-order valence-corrected chi connectivity index (χ2v) is 10.4. The average Bonchev–Trinajstić information content (AvgIpc) is 3.12. The number of sulfone groups is 2. The predicted molar refractivity (Wildman–Crippen MR) is 110 cm³/mol. The zero-order valence-electron chi connectivity index (χ0n) is 15.7. The molecule has 0 atom stereocenters. The van der Waals surface area contributed by atoms with E-state index in [1.807, 2.05) is 0 Å². The zero-order chi connectivity index (χ0) is 21.2. The van der Waals surface area contributed by atoms with Crippen molar-refractivity contribution in [3.05, 3.63) is 54.6 Å². The van der Waals surface area contributed by atoms with E-state index in [9.17, 15) is 21.6 Å². The number of aromatic nitrogens is 2. The van der Waals surface area contributed by atoms with Gasteiger partial charge in [-0.1, -0.05) is 12.1 Å². The van der Waals surface area contributed by atoms with Crippen molar-refractivity contribution in [2.75, 3.05) is 24.4 Å². The molecule has 0 radical (unpaired) electrons. The normalized spacial score (nSPS) is 11.9. The van der Waals surface area contributed by atoms with Crippen molar-refractivity contribution in [1.82, 2.24) is 9.78 Å². The molecule has 0 saturated heterocycles. The largest absolute Gasteiger partial charge is 0.378 e. The van der Waals surface area contributed by atoms with E-state index >= 15 is 0 Å². The molecule has 0 saturated carbocycles. The molecule has 0 unspecified atom stereocenters. The zero-order valence-corrected chi connectivity index (χ0v) is 17.4. The van der Waals surface area contributed by atoms with Crippen molar-refractivity contribution in [3.63, 3.8) is 0 Å². The molecular weight excluding hydrogens is 414 g/mol. The Morgan fingerprint density at radius 1 is 0.931 bits per heavy atom. The van der Waals surface area contributed by atoms with E-state index in [2.05, 4.69) is 10.4 Å². The number of benzene rings is 2. The van der Waals surface area contributed by atoms with E-state index in [0.717, 1.165) is 24.5 Å². The highest BCUT2D eigenvalue weighted by atomic mass is 32.2. The average molecular weight is 434 g/mol. The second kappa shape index (κ2) is 7.80. The summed E-state index contributed by atoms with van der Waals surface area (Å²) in [6.45, 7) is 0.178. The van der Waals surface area contributed by atoms with Gasteiger partial charge in [0.2, 0.25) is 0 Å². The van der Waals surface area contributed by atoms with Gasteiger partial charge in [0.15, 0.2) is 24.7 Å². The minimum atomic E-state index is -3.55. The van der Waals surface area contributed by atoms with Gasteiger partial charge in [-0.05, 0) is 36.4 Å². The first-order chi connectivity index (χ1) is 13.6. The van der Waals surface area contributed by atoms with Gasteiger partial charge in [0.1, 0.15) is 6.29 Å². The lowest BCUT2D eigenvalue weighted by Crippen LogP contribution is -2.04. The summed E-state index contributed by atoms with van der Waals surface area (Å²) in [6.07, 6.45) is 2.94. The Morgan fingerprint density at radius 3 is 2.07 bits per heavy atom. The molecular formula is C19H19N3O5S2. The van der Waals surface area contributed by atoms with Gasteiger partial charge in [-0.25, -0.2) is 21.5 Å². The number of anilines is 1. The minimum absolute atomic E-state index is 0.0946. The first-order valence-corrected chi connectivity index (χ1v) is 12.3. The summed E-state index contributed by atoms with van der Waals surface area (Å²) in [5, 5.41) is 7.05. The third-order valence-electron chi connectivity index (χ3n) is 4.15. The molecule has 0 amide bonds. The molecule has 1 N–H and O–H groups in total. The molecule has 0 aliphatic carbocycles. The van der Waals surface area contributed by atoms with E-state index in [4.69, 9.17) is 0 Å². The summed E-state index contributed by atoms with van der Waals surface area (Å²) in [5.74, 6) is 0. The van der Waals surface area contributed by atoms with Crippen molar-refractivity contribution in [2.45, 2.75) is 9.92 Å². The molecule has 1 heterocycles. The number of nitrogens with zero attached hydrogens (tertiary/aromatic N) is 2. The quantitative estimate of drug-likeness (QED) is 0.566. The van der Waals surface area contributed by atoms with Gasteiger partial charge in [0, 0.05) is 29.8 Å². The highest BCUT2D eigenvalue weighted by Gasteiger charge is 2.18. The maximum Gasteiger partial charge on any atom is 0.194 e. The highest BCUT2D eigenvalue weighted by Crippen LogP contribution is 2.27. The first kappa shape index (κ1) is 20.7. The fourth-order valence-electron chi connectivity index (χ4n) is 2.70. The molecule has 10 heteroatoms. The fourth-order valence-corrected chi connectivity index (χ4v) is 3.88. The standard InChI is InChI=1S/C19H19N3O5S2/c1-28(24,25)17-9-3-14(4-10-17)18-13-19(29(2,26)27)21-22(18)16-7-5-15(6-8-16)20-11-12-23/h3-10,12-13,20H,11H2,1-2H3. The van der Waals surface area contributed by atoms with Gasteiger partial charge in [-0.3, -0.25) is 0 Å². The van der Waals surface area contributed by atoms with Crippen molar-refractivity contribution in [1.29, 1.82) is 0 Å². The van der Waals surface area contributed by atoms with Gasteiger partial charge in [0.05, 0.1) is 22.8 Å². The summed E-state index contributed by atoms with van der Waals surface area (Å²) in [4.78, 5) is 10.6. The third-order valence-corrected chi connectivity index (χ3v) is 6.23. The maximum absolute atomic E-state index is 12.0. The van der Waals surface area contributed by atoms with Crippen LogP contribution in [0.2, 0.25) is 0 Å². The van der Waals surface area contributed by atoms with E-state index in [1.165, 1.54) is 22.9 Å². The lowest BCUT2D eigenvalue weighted by Gasteiger charge is -2.09. The third kappa shape index (κ3) is 4.72. The van der Waals surface area contributed by atoms with Crippen LogP contribution in [0, 0.1) is 0 Å². The molecule has 0 fully saturated rings. The van der Waals surface area contributed by atoms with Crippen LogP contribution >= 0.6 is 0 Å².